The lowest BCUT2D eigenvalue weighted by atomic mass is 10.2. The number of amides is 1. The zero-order valence-electron chi connectivity index (χ0n) is 10.2. The number of carbonyl (C=O) groups is 1. The highest BCUT2D eigenvalue weighted by molar-refractivity contribution is 7.17. The first-order valence-electron chi connectivity index (χ1n) is 5.94. The van der Waals surface area contributed by atoms with Crippen LogP contribution in [0.5, 0.6) is 0 Å². The molecule has 0 aliphatic heterocycles. The van der Waals surface area contributed by atoms with Crippen LogP contribution in [0.2, 0.25) is 0 Å². The maximum Gasteiger partial charge on any atom is 0.271 e. The normalized spacial score (nSPS) is 10.9. The second-order valence-corrected chi connectivity index (χ2v) is 5.33. The number of thiazole rings is 1. The van der Waals surface area contributed by atoms with Crippen molar-refractivity contribution < 1.29 is 4.79 Å². The van der Waals surface area contributed by atoms with Gasteiger partial charge in [0.15, 0.2) is 4.96 Å². The largest absolute Gasteiger partial charge is 0.351 e. The van der Waals surface area contributed by atoms with Crippen molar-refractivity contribution in [1.29, 1.82) is 0 Å². The predicted octanol–water partition coefficient (Wildman–Crippen LogP) is 2.62. The SMILES string of the molecule is CCCCCNC(=O)c1cn2cc(C)sc2n1. The molecule has 2 rings (SSSR count). The van der Waals surface area contributed by atoms with Crippen molar-refractivity contribution in [2.75, 3.05) is 6.54 Å². The second kappa shape index (κ2) is 5.31. The smallest absolute Gasteiger partial charge is 0.271 e. The van der Waals surface area contributed by atoms with E-state index in [1.165, 1.54) is 4.88 Å². The summed E-state index contributed by atoms with van der Waals surface area (Å²) in [5.74, 6) is -0.0744. The fraction of sp³-hybridized carbons (Fsp3) is 0.500. The highest BCUT2D eigenvalue weighted by atomic mass is 32.1. The van der Waals surface area contributed by atoms with Gasteiger partial charge in [0, 0.05) is 23.8 Å². The monoisotopic (exact) mass is 251 g/mol. The van der Waals surface area contributed by atoms with Gasteiger partial charge < -0.3 is 5.32 Å². The highest BCUT2D eigenvalue weighted by Gasteiger charge is 2.11. The van der Waals surface area contributed by atoms with E-state index in [1.807, 2.05) is 17.5 Å². The molecule has 5 heteroatoms. The van der Waals surface area contributed by atoms with Crippen LogP contribution in [-0.2, 0) is 0 Å². The number of hydrogen-bond acceptors (Lipinski definition) is 3. The van der Waals surface area contributed by atoms with Crippen LogP contribution in [0.4, 0.5) is 0 Å². The Balaban J connectivity index is 1.96. The zero-order chi connectivity index (χ0) is 12.3. The van der Waals surface area contributed by atoms with E-state index >= 15 is 0 Å². The molecule has 0 unspecified atom stereocenters. The van der Waals surface area contributed by atoms with Crippen molar-refractivity contribution in [2.24, 2.45) is 0 Å². The van der Waals surface area contributed by atoms with E-state index in [0.717, 1.165) is 30.8 Å². The third-order valence-corrected chi connectivity index (χ3v) is 3.48. The third kappa shape index (κ3) is 2.85. The van der Waals surface area contributed by atoms with E-state index in [1.54, 1.807) is 17.5 Å². The van der Waals surface area contributed by atoms with Gasteiger partial charge in [-0.05, 0) is 13.3 Å². The molecule has 2 aromatic rings. The number of fused-ring (bicyclic) bond motifs is 1. The molecule has 0 radical (unpaired) electrons. The first-order chi connectivity index (χ1) is 8.20. The van der Waals surface area contributed by atoms with Crippen LogP contribution in [0.15, 0.2) is 12.4 Å². The van der Waals surface area contributed by atoms with Crippen molar-refractivity contribution in [3.63, 3.8) is 0 Å². The molecule has 0 bridgehead atoms. The maximum atomic E-state index is 11.8. The van der Waals surface area contributed by atoms with Gasteiger partial charge >= 0.3 is 0 Å². The molecule has 1 N–H and O–H groups in total. The van der Waals surface area contributed by atoms with E-state index in [9.17, 15) is 4.79 Å². The molecule has 0 atom stereocenters. The summed E-state index contributed by atoms with van der Waals surface area (Å²) in [6.07, 6.45) is 7.12. The van der Waals surface area contributed by atoms with E-state index in [0.29, 0.717) is 5.69 Å². The number of unbranched alkanes of at least 4 members (excludes halogenated alkanes) is 2. The summed E-state index contributed by atoms with van der Waals surface area (Å²) in [5, 5.41) is 2.89. The molecule has 2 heterocycles. The van der Waals surface area contributed by atoms with Crippen LogP contribution in [-0.4, -0.2) is 21.8 Å². The highest BCUT2D eigenvalue weighted by Crippen LogP contribution is 2.16. The van der Waals surface area contributed by atoms with Crippen LogP contribution >= 0.6 is 11.3 Å². The van der Waals surface area contributed by atoms with Gasteiger partial charge in [-0.25, -0.2) is 4.98 Å². The quantitative estimate of drug-likeness (QED) is 0.830. The zero-order valence-corrected chi connectivity index (χ0v) is 11.0. The standard InChI is InChI=1S/C12H17N3OS/c1-3-4-5-6-13-11(16)10-8-15-7-9(2)17-12(15)14-10/h7-8H,3-6H2,1-2H3,(H,13,16). The van der Waals surface area contributed by atoms with Gasteiger partial charge in [-0.3, -0.25) is 9.20 Å². The third-order valence-electron chi connectivity index (χ3n) is 2.57. The molecule has 0 saturated carbocycles. The lowest BCUT2D eigenvalue weighted by Crippen LogP contribution is -2.24. The Morgan fingerprint density at radius 1 is 1.47 bits per heavy atom. The Bertz CT molecular complexity index is 483. The Morgan fingerprint density at radius 2 is 2.29 bits per heavy atom. The van der Waals surface area contributed by atoms with Crippen LogP contribution in [0.1, 0.15) is 41.6 Å². The van der Waals surface area contributed by atoms with Gasteiger partial charge in [0.25, 0.3) is 5.91 Å². The summed E-state index contributed by atoms with van der Waals surface area (Å²) in [6.45, 7) is 4.91. The Morgan fingerprint density at radius 3 is 3.00 bits per heavy atom. The first kappa shape index (κ1) is 12.1. The molecule has 4 nitrogen and oxygen atoms in total. The van der Waals surface area contributed by atoms with Gasteiger partial charge in [0.1, 0.15) is 5.69 Å². The van der Waals surface area contributed by atoms with E-state index in [-0.39, 0.29) is 5.91 Å². The molecule has 0 fully saturated rings. The van der Waals surface area contributed by atoms with Crippen molar-refractivity contribution in [2.45, 2.75) is 33.1 Å². The van der Waals surface area contributed by atoms with Crippen LogP contribution < -0.4 is 5.32 Å². The van der Waals surface area contributed by atoms with Gasteiger partial charge in [0.2, 0.25) is 0 Å². The lowest BCUT2D eigenvalue weighted by Gasteiger charge is -2.01. The molecule has 17 heavy (non-hydrogen) atoms. The number of imidazole rings is 1. The summed E-state index contributed by atoms with van der Waals surface area (Å²) in [5.41, 5.74) is 0.507. The van der Waals surface area contributed by atoms with E-state index in [2.05, 4.69) is 17.2 Å². The molecule has 0 aromatic carbocycles. The molecule has 0 saturated heterocycles. The summed E-state index contributed by atoms with van der Waals surface area (Å²) in [4.78, 5) is 18.2. The van der Waals surface area contributed by atoms with E-state index < -0.39 is 0 Å². The average Bonchev–Trinajstić information content (AvgIpc) is 2.81. The number of hydrogen-bond donors (Lipinski definition) is 1. The van der Waals surface area contributed by atoms with E-state index in [4.69, 9.17) is 0 Å². The Hall–Kier alpha value is -1.36. The number of carbonyl (C=O) groups excluding carboxylic acids is 1. The number of aromatic nitrogens is 2. The van der Waals surface area contributed by atoms with Crippen LogP contribution in [0, 0.1) is 6.92 Å². The lowest BCUT2D eigenvalue weighted by molar-refractivity contribution is 0.0948. The molecule has 0 aliphatic carbocycles. The molecule has 2 aromatic heterocycles. The fourth-order valence-electron chi connectivity index (χ4n) is 1.69. The number of nitrogens with zero attached hydrogens (tertiary/aromatic N) is 2. The molecular formula is C12H17N3OS. The minimum atomic E-state index is -0.0744. The second-order valence-electron chi connectivity index (χ2n) is 4.12. The molecule has 0 aliphatic rings. The Kier molecular flexibility index (Phi) is 3.78. The molecule has 92 valence electrons. The van der Waals surface area contributed by atoms with Crippen molar-refractivity contribution in [1.82, 2.24) is 14.7 Å². The maximum absolute atomic E-state index is 11.8. The Labute approximate surface area is 105 Å². The van der Waals surface area contributed by atoms with Gasteiger partial charge in [-0.15, -0.1) is 11.3 Å². The number of nitrogens with one attached hydrogen (secondary N) is 1. The summed E-state index contributed by atoms with van der Waals surface area (Å²) in [6, 6.07) is 0. The summed E-state index contributed by atoms with van der Waals surface area (Å²) >= 11 is 1.59. The average molecular weight is 251 g/mol. The van der Waals surface area contributed by atoms with Crippen molar-refractivity contribution >= 4 is 22.2 Å². The first-order valence-corrected chi connectivity index (χ1v) is 6.75. The fourth-order valence-corrected chi connectivity index (χ4v) is 2.50. The minimum Gasteiger partial charge on any atom is -0.351 e. The molecule has 0 spiro atoms. The molecular weight excluding hydrogens is 234 g/mol. The number of rotatable bonds is 5. The van der Waals surface area contributed by atoms with Crippen molar-refractivity contribution in [3.8, 4) is 0 Å². The van der Waals surface area contributed by atoms with Gasteiger partial charge in [0.05, 0.1) is 0 Å². The minimum absolute atomic E-state index is 0.0744. The van der Waals surface area contributed by atoms with Crippen LogP contribution in [0.3, 0.4) is 0 Å². The van der Waals surface area contributed by atoms with Gasteiger partial charge in [-0.1, -0.05) is 19.8 Å². The van der Waals surface area contributed by atoms with Gasteiger partial charge in [-0.2, -0.15) is 0 Å². The topological polar surface area (TPSA) is 46.4 Å². The predicted molar refractivity (Wildman–Crippen MR) is 69.7 cm³/mol. The number of aryl methyl sites for hydroxylation is 1. The summed E-state index contributed by atoms with van der Waals surface area (Å²) in [7, 11) is 0. The van der Waals surface area contributed by atoms with Crippen molar-refractivity contribution in [3.05, 3.63) is 23.0 Å². The summed E-state index contributed by atoms with van der Waals surface area (Å²) < 4.78 is 1.90. The molecule has 1 amide bonds. The van der Waals surface area contributed by atoms with Crippen LogP contribution in [0.25, 0.3) is 4.96 Å².